The minimum absolute atomic E-state index is 0.604. The molecular weight excluding hydrogens is 254 g/mol. The van der Waals surface area contributed by atoms with E-state index in [2.05, 4.69) is 20.6 Å². The fourth-order valence-electron chi connectivity index (χ4n) is 2.05. The van der Waals surface area contributed by atoms with E-state index in [1.165, 1.54) is 12.8 Å². The Bertz CT molecular complexity index is 564. The largest absolute Gasteiger partial charge is 0.481 e. The summed E-state index contributed by atoms with van der Waals surface area (Å²) in [6.45, 7) is 2.47. The first-order valence-electron chi connectivity index (χ1n) is 6.93. The number of nitrogens with one attached hydrogen (secondary N) is 1. The van der Waals surface area contributed by atoms with E-state index in [0.29, 0.717) is 12.4 Å². The third-order valence-corrected chi connectivity index (χ3v) is 3.34. The number of nitrogens with zero attached hydrogens (tertiary/aromatic N) is 4. The number of ether oxygens (including phenoxy) is 1. The minimum atomic E-state index is 0.604. The summed E-state index contributed by atoms with van der Waals surface area (Å²) in [6, 6.07) is 5.71. The van der Waals surface area contributed by atoms with Crippen LogP contribution in [0.25, 0.3) is 0 Å². The molecule has 0 atom stereocenters. The van der Waals surface area contributed by atoms with E-state index >= 15 is 0 Å². The first-order valence-corrected chi connectivity index (χ1v) is 6.93. The van der Waals surface area contributed by atoms with E-state index in [0.717, 1.165) is 30.4 Å². The maximum absolute atomic E-state index is 5.11. The average Bonchev–Trinajstić information content (AvgIpc) is 3.19. The van der Waals surface area contributed by atoms with Gasteiger partial charge in [-0.15, -0.1) is 5.10 Å². The maximum Gasteiger partial charge on any atom is 0.213 e. The minimum Gasteiger partial charge on any atom is -0.481 e. The van der Waals surface area contributed by atoms with E-state index in [-0.39, 0.29) is 0 Å². The first-order chi connectivity index (χ1) is 9.83. The number of pyridine rings is 1. The molecule has 0 aromatic carbocycles. The summed E-state index contributed by atoms with van der Waals surface area (Å²) in [6.07, 6.45) is 4.68. The quantitative estimate of drug-likeness (QED) is 0.822. The van der Waals surface area contributed by atoms with Crippen molar-refractivity contribution in [1.29, 1.82) is 0 Å². The van der Waals surface area contributed by atoms with Gasteiger partial charge in [0.25, 0.3) is 0 Å². The van der Waals surface area contributed by atoms with Crippen molar-refractivity contribution in [2.75, 3.05) is 13.7 Å². The second-order valence-electron chi connectivity index (χ2n) is 5.15. The van der Waals surface area contributed by atoms with Crippen LogP contribution in [0.5, 0.6) is 5.88 Å². The highest BCUT2D eigenvalue weighted by Gasteiger charge is 2.20. The van der Waals surface area contributed by atoms with E-state index in [1.807, 2.05) is 24.4 Å². The lowest BCUT2D eigenvalue weighted by molar-refractivity contribution is 0.395. The van der Waals surface area contributed by atoms with E-state index in [4.69, 9.17) is 4.74 Å². The Kier molecular flexibility index (Phi) is 3.92. The van der Waals surface area contributed by atoms with Gasteiger partial charge in [-0.1, -0.05) is 11.3 Å². The van der Waals surface area contributed by atoms with Crippen molar-refractivity contribution < 1.29 is 4.74 Å². The van der Waals surface area contributed by atoms with Gasteiger partial charge in [0.2, 0.25) is 5.88 Å². The summed E-state index contributed by atoms with van der Waals surface area (Å²) in [5.41, 5.74) is 1.88. The molecule has 1 N–H and O–H groups in total. The van der Waals surface area contributed by atoms with Crippen LogP contribution in [-0.2, 0) is 13.1 Å². The molecule has 0 bridgehead atoms. The monoisotopic (exact) mass is 273 g/mol. The normalized spacial score (nSPS) is 14.4. The summed E-state index contributed by atoms with van der Waals surface area (Å²) >= 11 is 0. The molecule has 2 heterocycles. The lowest BCUT2D eigenvalue weighted by atomic mass is 10.3. The summed E-state index contributed by atoms with van der Waals surface area (Å²) in [4.78, 5) is 4.36. The molecule has 0 aliphatic heterocycles. The molecule has 1 aliphatic carbocycles. The van der Waals surface area contributed by atoms with Crippen LogP contribution >= 0.6 is 0 Å². The SMILES string of the molecule is COc1cccc(Cn2cc(CNCC3CC3)nn2)n1. The summed E-state index contributed by atoms with van der Waals surface area (Å²) in [5.74, 6) is 1.50. The van der Waals surface area contributed by atoms with Crippen LogP contribution in [0.1, 0.15) is 24.2 Å². The first kappa shape index (κ1) is 13.1. The molecule has 0 radical (unpaired) electrons. The van der Waals surface area contributed by atoms with Crippen LogP contribution in [0.15, 0.2) is 24.4 Å². The fraction of sp³-hybridized carbons (Fsp3) is 0.500. The van der Waals surface area contributed by atoms with Crippen LogP contribution in [0.2, 0.25) is 0 Å². The van der Waals surface area contributed by atoms with E-state index in [1.54, 1.807) is 11.8 Å². The number of aromatic nitrogens is 4. The van der Waals surface area contributed by atoms with Gasteiger partial charge in [-0.3, -0.25) is 0 Å². The van der Waals surface area contributed by atoms with Gasteiger partial charge >= 0.3 is 0 Å². The van der Waals surface area contributed by atoms with Gasteiger partial charge in [0.15, 0.2) is 0 Å². The molecule has 0 saturated heterocycles. The van der Waals surface area contributed by atoms with Crippen LogP contribution in [0.4, 0.5) is 0 Å². The van der Waals surface area contributed by atoms with Crippen molar-refractivity contribution in [1.82, 2.24) is 25.3 Å². The topological polar surface area (TPSA) is 64.9 Å². The van der Waals surface area contributed by atoms with Crippen molar-refractivity contribution in [2.24, 2.45) is 5.92 Å². The number of hydrogen-bond acceptors (Lipinski definition) is 5. The standard InChI is InChI=1S/C14H19N5O/c1-20-14-4-2-3-12(16-14)9-19-10-13(17-18-19)8-15-7-11-5-6-11/h2-4,10-11,15H,5-9H2,1H3. The highest BCUT2D eigenvalue weighted by atomic mass is 16.5. The summed E-state index contributed by atoms with van der Waals surface area (Å²) < 4.78 is 6.91. The van der Waals surface area contributed by atoms with Gasteiger partial charge in [0.1, 0.15) is 0 Å². The highest BCUT2D eigenvalue weighted by Crippen LogP contribution is 2.27. The lowest BCUT2D eigenvalue weighted by Gasteiger charge is -2.02. The smallest absolute Gasteiger partial charge is 0.213 e. The molecule has 0 amide bonds. The van der Waals surface area contributed by atoms with Gasteiger partial charge in [0, 0.05) is 12.6 Å². The number of methoxy groups -OCH3 is 1. The summed E-state index contributed by atoms with van der Waals surface area (Å²) in [7, 11) is 1.62. The molecule has 6 nitrogen and oxygen atoms in total. The second kappa shape index (κ2) is 6.00. The molecule has 3 rings (SSSR count). The van der Waals surface area contributed by atoms with Gasteiger partial charge in [-0.25, -0.2) is 9.67 Å². The Morgan fingerprint density at radius 3 is 3.05 bits per heavy atom. The second-order valence-corrected chi connectivity index (χ2v) is 5.15. The van der Waals surface area contributed by atoms with Gasteiger partial charge in [-0.2, -0.15) is 0 Å². The van der Waals surface area contributed by atoms with Crippen LogP contribution in [0, 0.1) is 5.92 Å². The Labute approximate surface area is 118 Å². The molecule has 1 fully saturated rings. The zero-order valence-corrected chi connectivity index (χ0v) is 11.6. The third-order valence-electron chi connectivity index (χ3n) is 3.34. The van der Waals surface area contributed by atoms with Gasteiger partial charge < -0.3 is 10.1 Å². The predicted molar refractivity (Wildman–Crippen MR) is 74.3 cm³/mol. The highest BCUT2D eigenvalue weighted by molar-refractivity contribution is 5.15. The molecule has 6 heteroatoms. The Morgan fingerprint density at radius 1 is 1.35 bits per heavy atom. The fourth-order valence-corrected chi connectivity index (χ4v) is 2.05. The Balaban J connectivity index is 1.55. The van der Waals surface area contributed by atoms with Crippen molar-refractivity contribution >= 4 is 0 Å². The van der Waals surface area contributed by atoms with Crippen molar-refractivity contribution in [3.63, 3.8) is 0 Å². The number of hydrogen-bond donors (Lipinski definition) is 1. The lowest BCUT2D eigenvalue weighted by Crippen LogP contribution is -2.16. The van der Waals surface area contributed by atoms with Crippen LogP contribution in [-0.4, -0.2) is 33.6 Å². The summed E-state index contributed by atoms with van der Waals surface area (Å²) in [5, 5.41) is 11.7. The van der Waals surface area contributed by atoms with Gasteiger partial charge in [0.05, 0.1) is 31.2 Å². The van der Waals surface area contributed by atoms with Crippen molar-refractivity contribution in [3.8, 4) is 5.88 Å². The predicted octanol–water partition coefficient (Wildman–Crippen LogP) is 1.23. The van der Waals surface area contributed by atoms with Gasteiger partial charge in [-0.05, 0) is 31.4 Å². The van der Waals surface area contributed by atoms with E-state index < -0.39 is 0 Å². The molecule has 20 heavy (non-hydrogen) atoms. The zero-order valence-electron chi connectivity index (χ0n) is 11.6. The molecule has 0 spiro atoms. The maximum atomic E-state index is 5.11. The van der Waals surface area contributed by atoms with Crippen LogP contribution < -0.4 is 10.1 Å². The third kappa shape index (κ3) is 3.54. The molecule has 1 aliphatic rings. The molecule has 0 unspecified atom stereocenters. The molecule has 2 aromatic rings. The molecule has 106 valence electrons. The Hall–Kier alpha value is -1.95. The van der Waals surface area contributed by atoms with Crippen LogP contribution in [0.3, 0.4) is 0 Å². The zero-order chi connectivity index (χ0) is 13.8. The van der Waals surface area contributed by atoms with Crippen molar-refractivity contribution in [3.05, 3.63) is 35.8 Å². The average molecular weight is 273 g/mol. The Morgan fingerprint density at radius 2 is 2.25 bits per heavy atom. The molecular formula is C14H19N5O. The molecule has 1 saturated carbocycles. The van der Waals surface area contributed by atoms with Crippen molar-refractivity contribution in [2.45, 2.75) is 25.9 Å². The molecule has 2 aromatic heterocycles. The number of rotatable bonds is 7. The van der Waals surface area contributed by atoms with E-state index in [9.17, 15) is 0 Å².